The van der Waals surface area contributed by atoms with E-state index >= 15 is 0 Å². The first-order valence-corrected chi connectivity index (χ1v) is 8.70. The van der Waals surface area contributed by atoms with Gasteiger partial charge in [0, 0.05) is 25.3 Å². The maximum atomic E-state index is 12.5. The third kappa shape index (κ3) is 2.73. The predicted octanol–water partition coefficient (Wildman–Crippen LogP) is 2.87. The largest absolute Gasteiger partial charge is 0.335 e. The predicted molar refractivity (Wildman–Crippen MR) is 84.6 cm³/mol. The van der Waals surface area contributed by atoms with Gasteiger partial charge in [-0.15, -0.1) is 0 Å². The Kier molecular flexibility index (Phi) is 3.39. The number of urea groups is 1. The van der Waals surface area contributed by atoms with Crippen molar-refractivity contribution in [3.05, 3.63) is 18.0 Å². The molecule has 1 saturated heterocycles. The van der Waals surface area contributed by atoms with Crippen LogP contribution in [0.5, 0.6) is 0 Å². The van der Waals surface area contributed by atoms with Gasteiger partial charge >= 0.3 is 6.03 Å². The number of aryl methyl sites for hydroxylation is 1. The number of nitrogens with one attached hydrogen (secondary N) is 1. The van der Waals surface area contributed by atoms with Gasteiger partial charge in [-0.2, -0.15) is 5.10 Å². The number of carbonyl (C=O) groups excluding carboxylic acids is 1. The zero-order valence-electron chi connectivity index (χ0n) is 13.4. The normalized spacial score (nSPS) is 27.3. The summed E-state index contributed by atoms with van der Waals surface area (Å²) in [6.07, 6.45) is 12.8. The third-order valence-corrected chi connectivity index (χ3v) is 5.89. The van der Waals surface area contributed by atoms with E-state index in [-0.39, 0.29) is 6.03 Å². The topological polar surface area (TPSA) is 50.2 Å². The molecule has 3 aliphatic rings. The summed E-state index contributed by atoms with van der Waals surface area (Å²) in [6, 6.07) is 0.855. The minimum absolute atomic E-state index is 0.128. The fourth-order valence-electron chi connectivity index (χ4n) is 4.09. The van der Waals surface area contributed by atoms with Crippen LogP contribution in [0.25, 0.3) is 0 Å². The van der Waals surface area contributed by atoms with Gasteiger partial charge in [0.2, 0.25) is 0 Å². The van der Waals surface area contributed by atoms with Gasteiger partial charge in [0.15, 0.2) is 0 Å². The molecule has 22 heavy (non-hydrogen) atoms. The number of nitrogens with zero attached hydrogens (tertiary/aromatic N) is 3. The van der Waals surface area contributed by atoms with E-state index in [2.05, 4.69) is 23.5 Å². The van der Waals surface area contributed by atoms with Crippen molar-refractivity contribution in [1.82, 2.24) is 20.0 Å². The number of hydrogen-bond donors (Lipinski definition) is 1. The maximum absolute atomic E-state index is 12.5. The van der Waals surface area contributed by atoms with Gasteiger partial charge in [0.1, 0.15) is 0 Å². The molecule has 3 fully saturated rings. The highest BCUT2D eigenvalue weighted by atomic mass is 16.2. The highest BCUT2D eigenvalue weighted by molar-refractivity contribution is 5.74. The molecule has 1 atom stereocenters. The summed E-state index contributed by atoms with van der Waals surface area (Å²) in [5.41, 5.74) is 1.87. The van der Waals surface area contributed by atoms with Gasteiger partial charge in [0.25, 0.3) is 0 Å². The lowest BCUT2D eigenvalue weighted by molar-refractivity contribution is 0.193. The van der Waals surface area contributed by atoms with Crippen LogP contribution in [0.4, 0.5) is 4.79 Å². The van der Waals surface area contributed by atoms with Crippen LogP contribution >= 0.6 is 0 Å². The molecule has 0 radical (unpaired) electrons. The summed E-state index contributed by atoms with van der Waals surface area (Å²) >= 11 is 0. The van der Waals surface area contributed by atoms with Crippen molar-refractivity contribution < 1.29 is 4.79 Å². The van der Waals surface area contributed by atoms with Crippen LogP contribution in [0.15, 0.2) is 12.4 Å². The van der Waals surface area contributed by atoms with E-state index in [9.17, 15) is 4.79 Å². The van der Waals surface area contributed by atoms with Crippen LogP contribution in [0.1, 0.15) is 56.6 Å². The smallest absolute Gasteiger partial charge is 0.317 e. The second-order valence-corrected chi connectivity index (χ2v) is 7.61. The minimum Gasteiger partial charge on any atom is -0.335 e. The van der Waals surface area contributed by atoms with E-state index in [1.807, 2.05) is 15.8 Å². The molecule has 2 amide bonds. The Balaban J connectivity index is 1.28. The van der Waals surface area contributed by atoms with E-state index in [4.69, 9.17) is 0 Å². The quantitative estimate of drug-likeness (QED) is 0.913. The zero-order valence-corrected chi connectivity index (χ0v) is 13.4. The van der Waals surface area contributed by atoms with E-state index in [0.29, 0.717) is 17.5 Å². The van der Waals surface area contributed by atoms with Gasteiger partial charge in [-0.05, 0) is 62.8 Å². The maximum Gasteiger partial charge on any atom is 0.317 e. The standard InChI is InChI=1S/C17H26N4O/c1-13-10-18-21(11-13)15-4-9-20(12-15)16(22)19-14-2-5-17(6-3-14)7-8-17/h10-11,14-15H,2-9,12H2,1H3,(H,19,22). The fourth-order valence-corrected chi connectivity index (χ4v) is 4.09. The van der Waals surface area contributed by atoms with Crippen LogP contribution < -0.4 is 5.32 Å². The molecule has 1 unspecified atom stereocenters. The summed E-state index contributed by atoms with van der Waals surface area (Å²) in [5, 5.41) is 7.65. The number of amides is 2. The van der Waals surface area contributed by atoms with Crippen molar-refractivity contribution in [2.24, 2.45) is 5.41 Å². The molecular weight excluding hydrogens is 276 g/mol. The number of likely N-dealkylation sites (tertiary alicyclic amines) is 1. The molecule has 1 aromatic rings. The summed E-state index contributed by atoms with van der Waals surface area (Å²) in [4.78, 5) is 14.4. The van der Waals surface area contributed by atoms with Gasteiger partial charge in [0.05, 0.1) is 12.2 Å². The highest BCUT2D eigenvalue weighted by Gasteiger charge is 2.45. The van der Waals surface area contributed by atoms with Gasteiger partial charge < -0.3 is 10.2 Å². The van der Waals surface area contributed by atoms with Gasteiger partial charge in [-0.3, -0.25) is 4.68 Å². The fraction of sp³-hybridized carbons (Fsp3) is 0.765. The average molecular weight is 302 g/mol. The SMILES string of the molecule is Cc1cnn(C2CCN(C(=O)NC3CCC4(CC3)CC4)C2)c1. The summed E-state index contributed by atoms with van der Waals surface area (Å²) < 4.78 is 2.01. The molecule has 1 N–H and O–H groups in total. The first-order valence-electron chi connectivity index (χ1n) is 8.70. The Bertz CT molecular complexity index is 553. The van der Waals surface area contributed by atoms with Crippen LogP contribution in [-0.2, 0) is 0 Å². The second-order valence-electron chi connectivity index (χ2n) is 7.61. The summed E-state index contributed by atoms with van der Waals surface area (Å²) in [6.45, 7) is 3.67. The molecule has 5 nitrogen and oxygen atoms in total. The lowest BCUT2D eigenvalue weighted by atomic mass is 9.83. The van der Waals surface area contributed by atoms with Crippen molar-refractivity contribution in [2.45, 2.75) is 64.0 Å². The van der Waals surface area contributed by atoms with Crippen LogP contribution in [0.2, 0.25) is 0 Å². The van der Waals surface area contributed by atoms with Crippen LogP contribution in [-0.4, -0.2) is 39.8 Å². The van der Waals surface area contributed by atoms with E-state index in [0.717, 1.165) is 19.5 Å². The molecule has 2 saturated carbocycles. The van der Waals surface area contributed by atoms with Crippen molar-refractivity contribution >= 4 is 6.03 Å². The molecule has 5 heteroatoms. The van der Waals surface area contributed by atoms with Crippen LogP contribution in [0, 0.1) is 12.3 Å². The molecule has 1 spiro atoms. The Morgan fingerprint density at radius 1 is 1.27 bits per heavy atom. The second kappa shape index (κ2) is 5.28. The molecule has 0 aromatic carbocycles. The summed E-state index contributed by atoms with van der Waals surface area (Å²) in [7, 11) is 0. The Labute approximate surface area is 132 Å². The minimum atomic E-state index is 0.128. The van der Waals surface area contributed by atoms with E-state index in [1.54, 1.807) is 0 Å². The lowest BCUT2D eigenvalue weighted by Crippen LogP contribution is -2.45. The number of carbonyl (C=O) groups is 1. The molecular formula is C17H26N4O. The Morgan fingerprint density at radius 3 is 2.68 bits per heavy atom. The molecule has 1 aliphatic heterocycles. The van der Waals surface area contributed by atoms with Crippen molar-refractivity contribution in [2.75, 3.05) is 13.1 Å². The van der Waals surface area contributed by atoms with E-state index in [1.165, 1.54) is 44.1 Å². The van der Waals surface area contributed by atoms with Gasteiger partial charge in [-0.1, -0.05) is 0 Å². The van der Waals surface area contributed by atoms with Crippen molar-refractivity contribution in [3.63, 3.8) is 0 Å². The van der Waals surface area contributed by atoms with Crippen LogP contribution in [0.3, 0.4) is 0 Å². The average Bonchev–Trinajstić information content (AvgIpc) is 2.92. The third-order valence-electron chi connectivity index (χ3n) is 5.89. The first-order chi connectivity index (χ1) is 10.6. The highest BCUT2D eigenvalue weighted by Crippen LogP contribution is 2.56. The Morgan fingerprint density at radius 2 is 2.05 bits per heavy atom. The molecule has 2 heterocycles. The summed E-state index contributed by atoms with van der Waals surface area (Å²) in [5.74, 6) is 0. The van der Waals surface area contributed by atoms with Crippen molar-refractivity contribution in [3.8, 4) is 0 Å². The number of aromatic nitrogens is 2. The molecule has 0 bridgehead atoms. The molecule has 2 aliphatic carbocycles. The number of rotatable bonds is 2. The molecule has 1 aromatic heterocycles. The zero-order chi connectivity index (χ0) is 15.2. The van der Waals surface area contributed by atoms with E-state index < -0.39 is 0 Å². The molecule has 120 valence electrons. The van der Waals surface area contributed by atoms with Crippen molar-refractivity contribution in [1.29, 1.82) is 0 Å². The first kappa shape index (κ1) is 14.1. The molecule has 4 rings (SSSR count). The lowest BCUT2D eigenvalue weighted by Gasteiger charge is -2.30. The number of hydrogen-bond acceptors (Lipinski definition) is 2. The van der Waals surface area contributed by atoms with Gasteiger partial charge in [-0.25, -0.2) is 4.79 Å². The monoisotopic (exact) mass is 302 g/mol. The Hall–Kier alpha value is -1.52.